The van der Waals surface area contributed by atoms with E-state index in [1.165, 1.54) is 13.8 Å². The fraction of sp³-hybridized carbons (Fsp3) is 0.917. The second kappa shape index (κ2) is 6.26. The summed E-state index contributed by atoms with van der Waals surface area (Å²) in [5, 5.41) is 0. The molecule has 0 N–H and O–H groups in total. The van der Waals surface area contributed by atoms with Crippen LogP contribution in [0.1, 0.15) is 47.0 Å². The lowest BCUT2D eigenvalue weighted by Crippen LogP contribution is -2.33. The number of rotatable bonds is 6. The highest BCUT2D eigenvalue weighted by atomic mass is 19.4. The topological polar surface area (TPSA) is 17.1 Å². The van der Waals surface area contributed by atoms with E-state index in [0.717, 1.165) is 6.42 Å². The molecule has 0 fully saturated rings. The second-order valence-corrected chi connectivity index (χ2v) is 4.98. The molecule has 0 aromatic heterocycles. The molecule has 16 heavy (non-hydrogen) atoms. The van der Waals surface area contributed by atoms with E-state index in [1.54, 1.807) is 0 Å². The lowest BCUT2D eigenvalue weighted by molar-refractivity contribution is -0.184. The van der Waals surface area contributed by atoms with Gasteiger partial charge in [0.25, 0.3) is 0 Å². The van der Waals surface area contributed by atoms with Crippen LogP contribution in [0, 0.1) is 17.8 Å². The average Bonchev–Trinajstić information content (AvgIpc) is 2.08. The quantitative estimate of drug-likeness (QED) is 0.677. The smallest absolute Gasteiger partial charge is 0.299 e. The van der Waals surface area contributed by atoms with Crippen molar-refractivity contribution in [1.82, 2.24) is 0 Å². The van der Waals surface area contributed by atoms with Gasteiger partial charge in [-0.2, -0.15) is 13.2 Å². The Hall–Kier alpha value is -0.540. The number of hydrogen-bond acceptors (Lipinski definition) is 1. The maximum absolute atomic E-state index is 12.6. The van der Waals surface area contributed by atoms with E-state index >= 15 is 0 Å². The lowest BCUT2D eigenvalue weighted by Gasteiger charge is -2.21. The number of carbonyl (C=O) groups is 1. The Bertz CT molecular complexity index is 219. The van der Waals surface area contributed by atoms with Crippen LogP contribution >= 0.6 is 0 Å². The Morgan fingerprint density at radius 3 is 1.88 bits per heavy atom. The molecule has 4 heteroatoms. The monoisotopic (exact) mass is 238 g/mol. The molecule has 0 amide bonds. The summed E-state index contributed by atoms with van der Waals surface area (Å²) in [6.07, 6.45) is -3.27. The van der Waals surface area contributed by atoms with Crippen molar-refractivity contribution in [2.24, 2.45) is 17.8 Å². The Morgan fingerprint density at radius 1 is 1.06 bits per heavy atom. The number of carbonyl (C=O) groups excluding carboxylic acids is 1. The van der Waals surface area contributed by atoms with Gasteiger partial charge < -0.3 is 0 Å². The molecule has 0 heterocycles. The second-order valence-electron chi connectivity index (χ2n) is 4.98. The Balaban J connectivity index is 4.40. The fourth-order valence-electron chi connectivity index (χ4n) is 1.60. The summed E-state index contributed by atoms with van der Waals surface area (Å²) in [7, 11) is 0. The third-order valence-electron chi connectivity index (χ3n) is 2.58. The molecule has 0 aliphatic carbocycles. The molecule has 0 spiro atoms. The van der Waals surface area contributed by atoms with Crippen molar-refractivity contribution >= 4 is 5.78 Å². The molecule has 0 saturated carbocycles. The van der Waals surface area contributed by atoms with Gasteiger partial charge in [0.2, 0.25) is 0 Å². The van der Waals surface area contributed by atoms with Crippen molar-refractivity contribution < 1.29 is 18.0 Å². The van der Waals surface area contributed by atoms with Gasteiger partial charge in [0.15, 0.2) is 0 Å². The zero-order chi connectivity index (χ0) is 12.9. The highest BCUT2D eigenvalue weighted by molar-refractivity contribution is 5.83. The van der Waals surface area contributed by atoms with E-state index < -0.39 is 23.8 Å². The summed E-state index contributed by atoms with van der Waals surface area (Å²) >= 11 is 0. The van der Waals surface area contributed by atoms with E-state index in [0.29, 0.717) is 12.3 Å². The first-order chi connectivity index (χ1) is 7.16. The van der Waals surface area contributed by atoms with Crippen LogP contribution in [0.25, 0.3) is 0 Å². The molecule has 0 unspecified atom stereocenters. The Morgan fingerprint density at radius 2 is 1.56 bits per heavy atom. The van der Waals surface area contributed by atoms with E-state index in [4.69, 9.17) is 0 Å². The molecule has 0 saturated heterocycles. The first kappa shape index (κ1) is 15.5. The number of hydrogen-bond donors (Lipinski definition) is 0. The van der Waals surface area contributed by atoms with Crippen molar-refractivity contribution in [2.75, 3.05) is 0 Å². The predicted octanol–water partition coefficient (Wildman–Crippen LogP) is 4.22. The highest BCUT2D eigenvalue weighted by Crippen LogP contribution is 2.33. The van der Waals surface area contributed by atoms with Crippen LogP contribution < -0.4 is 0 Å². The Kier molecular flexibility index (Phi) is 6.05. The fourth-order valence-corrected chi connectivity index (χ4v) is 1.60. The molecule has 0 aliphatic heterocycles. The number of alkyl halides is 3. The van der Waals surface area contributed by atoms with E-state index in [2.05, 4.69) is 0 Å². The molecule has 0 aliphatic rings. The molecule has 0 radical (unpaired) electrons. The van der Waals surface area contributed by atoms with Gasteiger partial charge in [-0.15, -0.1) is 0 Å². The van der Waals surface area contributed by atoms with Gasteiger partial charge in [-0.1, -0.05) is 40.5 Å². The normalized spacial score (nSPS) is 14.6. The first-order valence-corrected chi connectivity index (χ1v) is 5.76. The average molecular weight is 238 g/mol. The molecule has 1 atom stereocenters. The third kappa shape index (κ3) is 5.52. The number of Topliss-reactive ketones (excluding diaryl/α,β-unsaturated/α-hetero) is 1. The minimum atomic E-state index is -4.39. The predicted molar refractivity (Wildman–Crippen MR) is 58.1 cm³/mol. The lowest BCUT2D eigenvalue weighted by atomic mass is 9.89. The minimum Gasteiger partial charge on any atom is -0.299 e. The van der Waals surface area contributed by atoms with Gasteiger partial charge in [-0.3, -0.25) is 4.79 Å². The van der Waals surface area contributed by atoms with Crippen LogP contribution in [0.3, 0.4) is 0 Å². The summed E-state index contributed by atoms with van der Waals surface area (Å²) < 4.78 is 37.9. The Labute approximate surface area is 95.4 Å². The molecular weight excluding hydrogens is 217 g/mol. The standard InChI is InChI=1S/C12H21F3O/c1-8(2)6-5-7-10(12(13,14)15)11(16)9(3)4/h8-10H,5-7H2,1-4H3/t10-/m0/s1. The van der Waals surface area contributed by atoms with E-state index in [-0.39, 0.29) is 6.42 Å². The summed E-state index contributed by atoms with van der Waals surface area (Å²) in [6, 6.07) is 0. The van der Waals surface area contributed by atoms with Crippen molar-refractivity contribution in [1.29, 1.82) is 0 Å². The van der Waals surface area contributed by atoms with Crippen LogP contribution in [-0.4, -0.2) is 12.0 Å². The van der Waals surface area contributed by atoms with Crippen molar-refractivity contribution in [3.8, 4) is 0 Å². The van der Waals surface area contributed by atoms with E-state index in [9.17, 15) is 18.0 Å². The van der Waals surface area contributed by atoms with Crippen molar-refractivity contribution in [3.05, 3.63) is 0 Å². The molecule has 0 aromatic carbocycles. The number of ketones is 1. The molecule has 0 bridgehead atoms. The largest absolute Gasteiger partial charge is 0.398 e. The molecule has 0 aromatic rings. The SMILES string of the molecule is CC(C)CCC[C@@H](C(=O)C(C)C)C(F)(F)F. The van der Waals surface area contributed by atoms with Gasteiger partial charge in [0.05, 0.1) is 0 Å². The van der Waals surface area contributed by atoms with Crippen molar-refractivity contribution in [3.63, 3.8) is 0 Å². The van der Waals surface area contributed by atoms with Crippen LogP contribution in [0.5, 0.6) is 0 Å². The van der Waals surface area contributed by atoms with E-state index in [1.807, 2.05) is 13.8 Å². The zero-order valence-electron chi connectivity index (χ0n) is 10.4. The molecule has 1 nitrogen and oxygen atoms in total. The van der Waals surface area contributed by atoms with Crippen LogP contribution in [0.4, 0.5) is 13.2 Å². The third-order valence-corrected chi connectivity index (χ3v) is 2.58. The van der Waals surface area contributed by atoms with Crippen LogP contribution in [0.15, 0.2) is 0 Å². The highest BCUT2D eigenvalue weighted by Gasteiger charge is 2.44. The van der Waals surface area contributed by atoms with Crippen LogP contribution in [0.2, 0.25) is 0 Å². The maximum atomic E-state index is 12.6. The van der Waals surface area contributed by atoms with Gasteiger partial charge in [-0.25, -0.2) is 0 Å². The molecule has 96 valence electrons. The zero-order valence-corrected chi connectivity index (χ0v) is 10.4. The minimum absolute atomic E-state index is 0.0707. The van der Waals surface area contributed by atoms with Gasteiger partial charge in [0, 0.05) is 5.92 Å². The summed E-state index contributed by atoms with van der Waals surface area (Å²) in [5.74, 6) is -2.63. The van der Waals surface area contributed by atoms with Gasteiger partial charge in [0.1, 0.15) is 11.7 Å². The first-order valence-electron chi connectivity index (χ1n) is 5.76. The van der Waals surface area contributed by atoms with Gasteiger partial charge >= 0.3 is 6.18 Å². The van der Waals surface area contributed by atoms with Crippen LogP contribution in [-0.2, 0) is 4.79 Å². The summed E-state index contributed by atoms with van der Waals surface area (Å²) in [6.45, 7) is 6.97. The summed E-state index contributed by atoms with van der Waals surface area (Å²) in [4.78, 5) is 11.4. The summed E-state index contributed by atoms with van der Waals surface area (Å²) in [5.41, 5.74) is 0. The molecular formula is C12H21F3O. The maximum Gasteiger partial charge on any atom is 0.398 e. The van der Waals surface area contributed by atoms with Gasteiger partial charge in [-0.05, 0) is 12.3 Å². The molecule has 0 rings (SSSR count). The number of halogens is 3. The van der Waals surface area contributed by atoms with Crippen molar-refractivity contribution in [2.45, 2.75) is 53.1 Å².